The van der Waals surface area contributed by atoms with Crippen molar-refractivity contribution in [2.45, 2.75) is 58.8 Å². The van der Waals surface area contributed by atoms with Gasteiger partial charge in [-0.1, -0.05) is 25.8 Å². The van der Waals surface area contributed by atoms with Gasteiger partial charge in [0, 0.05) is 19.3 Å². The molecule has 1 aliphatic rings. The summed E-state index contributed by atoms with van der Waals surface area (Å²) < 4.78 is 0. The Morgan fingerprint density at radius 2 is 1.76 bits per heavy atom. The average molecular weight is 238 g/mol. The Morgan fingerprint density at radius 1 is 1.18 bits per heavy atom. The van der Waals surface area contributed by atoms with Crippen LogP contribution in [0.15, 0.2) is 11.8 Å². The van der Waals surface area contributed by atoms with E-state index < -0.39 is 0 Å². The molecule has 0 aromatic carbocycles. The molecule has 1 N–H and O–H groups in total. The van der Waals surface area contributed by atoms with Gasteiger partial charge in [0.15, 0.2) is 0 Å². The van der Waals surface area contributed by atoms with Crippen LogP contribution in [0.4, 0.5) is 4.79 Å². The van der Waals surface area contributed by atoms with Crippen molar-refractivity contribution in [2.75, 3.05) is 13.1 Å². The quantitative estimate of drug-likeness (QED) is 0.778. The lowest BCUT2D eigenvalue weighted by Gasteiger charge is -2.21. The zero-order chi connectivity index (χ0) is 12.5. The highest BCUT2D eigenvalue weighted by Gasteiger charge is 2.11. The lowest BCUT2D eigenvalue weighted by atomic mass is 9.96. The predicted octanol–water partition coefficient (Wildman–Crippen LogP) is 3.67. The topological polar surface area (TPSA) is 32.3 Å². The van der Waals surface area contributed by atoms with E-state index >= 15 is 0 Å². The number of hydrogen-bond donors (Lipinski definition) is 1. The maximum atomic E-state index is 11.9. The standard InChI is InChI=1S/C14H26N2O/c1-3-10-16(11-4-2)14(17)15-12-13-8-6-5-7-9-13/h12H,3-11H2,1-2H3,(H,15,17). The summed E-state index contributed by atoms with van der Waals surface area (Å²) in [6, 6.07) is 0.0618. The van der Waals surface area contributed by atoms with E-state index in [1.54, 1.807) is 0 Å². The van der Waals surface area contributed by atoms with E-state index in [2.05, 4.69) is 19.2 Å². The second-order valence-electron chi connectivity index (χ2n) is 4.80. The lowest BCUT2D eigenvalue weighted by Crippen LogP contribution is -2.38. The smallest absolute Gasteiger partial charge is 0.321 e. The van der Waals surface area contributed by atoms with Gasteiger partial charge in [0.1, 0.15) is 0 Å². The summed E-state index contributed by atoms with van der Waals surface area (Å²) in [5.41, 5.74) is 1.40. The maximum Gasteiger partial charge on any atom is 0.321 e. The van der Waals surface area contributed by atoms with E-state index in [0.29, 0.717) is 0 Å². The Morgan fingerprint density at radius 3 is 2.29 bits per heavy atom. The van der Waals surface area contributed by atoms with Crippen molar-refractivity contribution >= 4 is 6.03 Å². The second kappa shape index (κ2) is 8.15. The van der Waals surface area contributed by atoms with Crippen LogP contribution < -0.4 is 5.32 Å². The monoisotopic (exact) mass is 238 g/mol. The van der Waals surface area contributed by atoms with Gasteiger partial charge in [0.2, 0.25) is 0 Å². The first-order valence-electron chi connectivity index (χ1n) is 7.01. The van der Waals surface area contributed by atoms with Crippen molar-refractivity contribution in [1.29, 1.82) is 0 Å². The van der Waals surface area contributed by atoms with Crippen LogP contribution >= 0.6 is 0 Å². The highest BCUT2D eigenvalue weighted by Crippen LogP contribution is 2.21. The van der Waals surface area contributed by atoms with E-state index in [1.807, 2.05) is 11.1 Å². The molecule has 0 atom stereocenters. The Balaban J connectivity index is 2.39. The normalized spacial score (nSPS) is 15.5. The molecule has 0 spiro atoms. The van der Waals surface area contributed by atoms with Crippen LogP contribution in [0.2, 0.25) is 0 Å². The number of nitrogens with one attached hydrogen (secondary N) is 1. The summed E-state index contributed by atoms with van der Waals surface area (Å²) in [7, 11) is 0. The second-order valence-corrected chi connectivity index (χ2v) is 4.80. The summed E-state index contributed by atoms with van der Waals surface area (Å²) in [6.45, 7) is 5.91. The molecule has 0 aromatic rings. The summed E-state index contributed by atoms with van der Waals surface area (Å²) in [5.74, 6) is 0. The summed E-state index contributed by atoms with van der Waals surface area (Å²) in [6.07, 6.45) is 10.2. The van der Waals surface area contributed by atoms with Gasteiger partial charge in [-0.2, -0.15) is 0 Å². The number of amides is 2. The molecule has 1 fully saturated rings. The molecule has 0 unspecified atom stereocenters. The number of rotatable bonds is 5. The number of nitrogens with zero attached hydrogens (tertiary/aromatic N) is 1. The molecule has 0 heterocycles. The number of urea groups is 1. The highest BCUT2D eigenvalue weighted by atomic mass is 16.2. The van der Waals surface area contributed by atoms with Gasteiger partial charge in [-0.25, -0.2) is 4.79 Å². The largest absolute Gasteiger partial charge is 0.325 e. The first-order valence-corrected chi connectivity index (χ1v) is 7.01. The number of carbonyl (C=O) groups is 1. The number of hydrogen-bond acceptors (Lipinski definition) is 1. The lowest BCUT2D eigenvalue weighted by molar-refractivity contribution is 0.201. The molecule has 98 valence electrons. The molecule has 3 heteroatoms. The fourth-order valence-corrected chi connectivity index (χ4v) is 2.26. The molecule has 0 bridgehead atoms. The number of allylic oxidation sites excluding steroid dienone is 1. The highest BCUT2D eigenvalue weighted by molar-refractivity contribution is 5.75. The van der Waals surface area contributed by atoms with Crippen molar-refractivity contribution in [2.24, 2.45) is 0 Å². The van der Waals surface area contributed by atoms with Crippen LogP contribution in [0.1, 0.15) is 58.8 Å². The summed E-state index contributed by atoms with van der Waals surface area (Å²) >= 11 is 0. The zero-order valence-corrected chi connectivity index (χ0v) is 11.3. The molecule has 0 aliphatic heterocycles. The van der Waals surface area contributed by atoms with E-state index in [0.717, 1.165) is 38.8 Å². The van der Waals surface area contributed by atoms with Crippen molar-refractivity contribution in [1.82, 2.24) is 10.2 Å². The van der Waals surface area contributed by atoms with Gasteiger partial charge in [-0.05, 0) is 38.5 Å². The molecule has 0 saturated heterocycles. The first kappa shape index (κ1) is 14.1. The predicted molar refractivity (Wildman–Crippen MR) is 71.9 cm³/mol. The summed E-state index contributed by atoms with van der Waals surface area (Å²) in [4.78, 5) is 13.8. The van der Waals surface area contributed by atoms with E-state index in [1.165, 1.54) is 24.8 Å². The van der Waals surface area contributed by atoms with Gasteiger partial charge in [-0.3, -0.25) is 0 Å². The van der Waals surface area contributed by atoms with Crippen molar-refractivity contribution in [3.63, 3.8) is 0 Å². The van der Waals surface area contributed by atoms with E-state index in [4.69, 9.17) is 0 Å². The number of carbonyl (C=O) groups excluding carboxylic acids is 1. The van der Waals surface area contributed by atoms with E-state index in [9.17, 15) is 4.79 Å². The minimum atomic E-state index is 0.0618. The molecular weight excluding hydrogens is 212 g/mol. The third-order valence-corrected chi connectivity index (χ3v) is 3.17. The molecule has 1 saturated carbocycles. The molecule has 0 radical (unpaired) electrons. The Bertz CT molecular complexity index is 247. The molecule has 2 amide bonds. The van der Waals surface area contributed by atoms with Crippen molar-refractivity contribution in [3.05, 3.63) is 11.8 Å². The minimum Gasteiger partial charge on any atom is -0.325 e. The van der Waals surface area contributed by atoms with Crippen LogP contribution in [0.3, 0.4) is 0 Å². The first-order chi connectivity index (χ1) is 8.27. The van der Waals surface area contributed by atoms with Crippen molar-refractivity contribution in [3.8, 4) is 0 Å². The van der Waals surface area contributed by atoms with Gasteiger partial charge in [0.25, 0.3) is 0 Å². The molecule has 0 aromatic heterocycles. The van der Waals surface area contributed by atoms with Crippen molar-refractivity contribution < 1.29 is 4.79 Å². The SMILES string of the molecule is CCCN(CCC)C(=O)NC=C1CCCCC1. The zero-order valence-electron chi connectivity index (χ0n) is 11.3. The van der Waals surface area contributed by atoms with Crippen LogP contribution in [0, 0.1) is 0 Å². The third-order valence-electron chi connectivity index (χ3n) is 3.17. The Hall–Kier alpha value is -0.990. The molecule has 17 heavy (non-hydrogen) atoms. The molecular formula is C14H26N2O. The minimum absolute atomic E-state index is 0.0618. The fourth-order valence-electron chi connectivity index (χ4n) is 2.26. The van der Waals surface area contributed by atoms with Crippen LogP contribution in [-0.4, -0.2) is 24.0 Å². The van der Waals surface area contributed by atoms with Gasteiger partial charge < -0.3 is 10.2 Å². The van der Waals surface area contributed by atoms with E-state index in [-0.39, 0.29) is 6.03 Å². The Kier molecular flexibility index (Phi) is 6.75. The summed E-state index contributed by atoms with van der Waals surface area (Å²) in [5, 5.41) is 2.95. The molecule has 1 aliphatic carbocycles. The third kappa shape index (κ3) is 5.24. The fraction of sp³-hybridized carbons (Fsp3) is 0.786. The van der Waals surface area contributed by atoms with Crippen LogP contribution in [0.25, 0.3) is 0 Å². The maximum absolute atomic E-state index is 11.9. The Labute approximate surface area is 105 Å². The van der Waals surface area contributed by atoms with Crippen LogP contribution in [0.5, 0.6) is 0 Å². The average Bonchev–Trinajstić information content (AvgIpc) is 2.37. The molecule has 3 nitrogen and oxygen atoms in total. The van der Waals surface area contributed by atoms with Crippen LogP contribution in [-0.2, 0) is 0 Å². The van der Waals surface area contributed by atoms with Gasteiger partial charge in [-0.15, -0.1) is 0 Å². The van der Waals surface area contributed by atoms with Gasteiger partial charge in [0.05, 0.1) is 0 Å². The van der Waals surface area contributed by atoms with Gasteiger partial charge >= 0.3 is 6.03 Å². The molecule has 1 rings (SSSR count).